The van der Waals surface area contributed by atoms with Gasteiger partial charge in [-0.2, -0.15) is 0 Å². The predicted molar refractivity (Wildman–Crippen MR) is 93.2 cm³/mol. The van der Waals surface area contributed by atoms with E-state index in [-0.39, 0.29) is 5.75 Å². The van der Waals surface area contributed by atoms with E-state index in [4.69, 9.17) is 9.47 Å². The quantitative estimate of drug-likeness (QED) is 0.711. The Balaban J connectivity index is 1.57. The van der Waals surface area contributed by atoms with Crippen LogP contribution in [0.5, 0.6) is 17.2 Å². The van der Waals surface area contributed by atoms with Crippen LogP contribution in [0, 0.1) is 0 Å². The Morgan fingerprint density at radius 2 is 1.54 bits per heavy atom. The molecule has 0 spiro atoms. The standard InChI is InChI=1S/C19H30N2O3/c1-23-17-12-15(13-18(24-2)19(17)22)14-20-8-10-21(11-9-20)16-6-4-3-5-7-16/h12-13,16,22H,3-11,14H2,1-2H3/p+2. The summed E-state index contributed by atoms with van der Waals surface area (Å²) in [5, 5.41) is 10.0. The summed E-state index contributed by atoms with van der Waals surface area (Å²) in [6.45, 7) is 5.97. The van der Waals surface area contributed by atoms with E-state index in [0.717, 1.165) is 18.2 Å². The maximum Gasteiger partial charge on any atom is 0.200 e. The topological polar surface area (TPSA) is 47.6 Å². The van der Waals surface area contributed by atoms with Gasteiger partial charge in [0, 0.05) is 5.56 Å². The summed E-state index contributed by atoms with van der Waals surface area (Å²) in [6.07, 6.45) is 7.15. The third-order valence-corrected chi connectivity index (χ3v) is 5.78. The molecule has 0 bridgehead atoms. The molecule has 1 aliphatic carbocycles. The van der Waals surface area contributed by atoms with Crippen LogP contribution in [0.2, 0.25) is 0 Å². The van der Waals surface area contributed by atoms with Crippen molar-refractivity contribution >= 4 is 0 Å². The zero-order valence-corrected chi connectivity index (χ0v) is 15.1. The summed E-state index contributed by atoms with van der Waals surface area (Å²) >= 11 is 0. The van der Waals surface area contributed by atoms with Crippen molar-refractivity contribution in [2.24, 2.45) is 0 Å². The molecule has 0 atom stereocenters. The number of methoxy groups -OCH3 is 2. The van der Waals surface area contributed by atoms with Crippen LogP contribution >= 0.6 is 0 Å². The molecule has 1 aromatic carbocycles. The Labute approximate surface area is 145 Å². The van der Waals surface area contributed by atoms with Crippen LogP contribution < -0.4 is 19.3 Å². The second-order valence-corrected chi connectivity index (χ2v) is 7.27. The third-order valence-electron chi connectivity index (χ3n) is 5.78. The number of quaternary nitrogens is 2. The van der Waals surface area contributed by atoms with Crippen LogP contribution in [-0.2, 0) is 6.54 Å². The fourth-order valence-electron chi connectivity index (χ4n) is 4.36. The van der Waals surface area contributed by atoms with E-state index >= 15 is 0 Å². The highest BCUT2D eigenvalue weighted by atomic mass is 16.5. The molecule has 0 radical (unpaired) electrons. The summed E-state index contributed by atoms with van der Waals surface area (Å²) in [5.41, 5.74) is 1.16. The largest absolute Gasteiger partial charge is 0.502 e. The molecule has 3 rings (SSSR count). The lowest BCUT2D eigenvalue weighted by atomic mass is 9.94. The number of phenols is 1. The highest BCUT2D eigenvalue weighted by Gasteiger charge is 2.30. The van der Waals surface area contributed by atoms with Gasteiger partial charge in [-0.3, -0.25) is 0 Å². The summed E-state index contributed by atoms with van der Waals surface area (Å²) in [6, 6.07) is 4.78. The average molecular weight is 336 g/mol. The van der Waals surface area contributed by atoms with Gasteiger partial charge in [-0.25, -0.2) is 0 Å². The van der Waals surface area contributed by atoms with Crippen molar-refractivity contribution < 1.29 is 24.4 Å². The van der Waals surface area contributed by atoms with Crippen LogP contribution in [0.4, 0.5) is 0 Å². The smallest absolute Gasteiger partial charge is 0.200 e. The maximum atomic E-state index is 10.0. The Hall–Kier alpha value is -1.46. The van der Waals surface area contributed by atoms with E-state index in [1.807, 2.05) is 17.0 Å². The molecule has 3 N–H and O–H groups in total. The van der Waals surface area contributed by atoms with Gasteiger partial charge in [0.25, 0.3) is 0 Å². The lowest BCUT2D eigenvalue weighted by Gasteiger charge is -2.36. The molecule has 2 aliphatic rings. The number of benzene rings is 1. The minimum absolute atomic E-state index is 0.0883. The second-order valence-electron chi connectivity index (χ2n) is 7.27. The Morgan fingerprint density at radius 1 is 0.958 bits per heavy atom. The SMILES string of the molecule is COc1cc(C[NH+]2CC[NH+](C3CCCCC3)CC2)cc(OC)c1O. The van der Waals surface area contributed by atoms with Gasteiger partial charge in [-0.05, 0) is 37.8 Å². The van der Waals surface area contributed by atoms with Crippen LogP contribution in [0.25, 0.3) is 0 Å². The first-order valence-corrected chi connectivity index (χ1v) is 9.33. The Kier molecular flexibility index (Phi) is 5.85. The monoisotopic (exact) mass is 336 g/mol. The predicted octanol–water partition coefficient (Wildman–Crippen LogP) is 0.0255. The molecule has 1 saturated heterocycles. The number of rotatable bonds is 5. The van der Waals surface area contributed by atoms with Gasteiger partial charge >= 0.3 is 0 Å². The van der Waals surface area contributed by atoms with Gasteiger partial charge in [0.1, 0.15) is 32.7 Å². The molecule has 5 heteroatoms. The number of nitrogens with one attached hydrogen (secondary N) is 2. The van der Waals surface area contributed by atoms with Crippen molar-refractivity contribution in [2.75, 3.05) is 40.4 Å². The number of piperazine rings is 1. The molecule has 1 heterocycles. The molecule has 1 aliphatic heterocycles. The fourth-order valence-corrected chi connectivity index (χ4v) is 4.36. The van der Waals surface area contributed by atoms with E-state index in [0.29, 0.717) is 11.5 Å². The van der Waals surface area contributed by atoms with Crippen LogP contribution in [0.3, 0.4) is 0 Å². The van der Waals surface area contributed by atoms with E-state index in [9.17, 15) is 5.11 Å². The van der Waals surface area contributed by atoms with Gasteiger partial charge in [-0.15, -0.1) is 0 Å². The molecule has 24 heavy (non-hydrogen) atoms. The normalized spacial score (nSPS) is 25.4. The average Bonchev–Trinajstić information content (AvgIpc) is 2.64. The molecule has 0 amide bonds. The lowest BCUT2D eigenvalue weighted by molar-refractivity contribution is -1.03. The number of hydrogen-bond acceptors (Lipinski definition) is 3. The minimum atomic E-state index is 0.0883. The van der Waals surface area contributed by atoms with Crippen molar-refractivity contribution in [1.29, 1.82) is 0 Å². The van der Waals surface area contributed by atoms with Crippen molar-refractivity contribution in [2.45, 2.75) is 44.7 Å². The van der Waals surface area contributed by atoms with Gasteiger partial charge in [0.2, 0.25) is 5.75 Å². The maximum absolute atomic E-state index is 10.0. The molecular formula is C19H32N2O3+2. The van der Waals surface area contributed by atoms with E-state index in [2.05, 4.69) is 0 Å². The van der Waals surface area contributed by atoms with Crippen LogP contribution in [0.1, 0.15) is 37.7 Å². The van der Waals surface area contributed by atoms with Crippen molar-refractivity contribution in [3.63, 3.8) is 0 Å². The van der Waals surface area contributed by atoms with Gasteiger partial charge in [0.05, 0.1) is 20.3 Å². The number of aromatic hydroxyl groups is 1. The summed E-state index contributed by atoms with van der Waals surface area (Å²) in [4.78, 5) is 3.45. The lowest BCUT2D eigenvalue weighted by Crippen LogP contribution is -3.29. The van der Waals surface area contributed by atoms with E-state index < -0.39 is 0 Å². The molecule has 5 nitrogen and oxygen atoms in total. The second kappa shape index (κ2) is 8.08. The van der Waals surface area contributed by atoms with Crippen molar-refractivity contribution in [1.82, 2.24) is 0 Å². The highest BCUT2D eigenvalue weighted by Crippen LogP contribution is 2.36. The summed E-state index contributed by atoms with van der Waals surface area (Å²) < 4.78 is 10.5. The van der Waals surface area contributed by atoms with Gasteiger partial charge in [-0.1, -0.05) is 6.42 Å². The third kappa shape index (κ3) is 3.95. The molecule has 1 saturated carbocycles. The Morgan fingerprint density at radius 3 is 2.08 bits per heavy atom. The first-order chi connectivity index (χ1) is 11.7. The van der Waals surface area contributed by atoms with Crippen LogP contribution in [-0.4, -0.2) is 51.5 Å². The first kappa shape index (κ1) is 17.4. The molecule has 0 aromatic heterocycles. The minimum Gasteiger partial charge on any atom is -0.502 e. The van der Waals surface area contributed by atoms with Crippen molar-refractivity contribution in [3.8, 4) is 17.2 Å². The number of phenolic OH excluding ortho intramolecular Hbond substituents is 1. The molecular weight excluding hydrogens is 304 g/mol. The number of hydrogen-bond donors (Lipinski definition) is 3. The van der Waals surface area contributed by atoms with E-state index in [1.54, 1.807) is 19.1 Å². The van der Waals surface area contributed by atoms with E-state index in [1.165, 1.54) is 58.3 Å². The summed E-state index contributed by atoms with van der Waals surface area (Å²) in [7, 11) is 3.16. The van der Waals surface area contributed by atoms with Gasteiger partial charge < -0.3 is 24.4 Å². The zero-order chi connectivity index (χ0) is 16.9. The molecule has 134 valence electrons. The molecule has 0 unspecified atom stereocenters. The first-order valence-electron chi connectivity index (χ1n) is 9.33. The van der Waals surface area contributed by atoms with Gasteiger partial charge in [0.15, 0.2) is 11.5 Å². The molecule has 2 fully saturated rings. The van der Waals surface area contributed by atoms with Crippen LogP contribution in [0.15, 0.2) is 12.1 Å². The fraction of sp³-hybridized carbons (Fsp3) is 0.684. The molecule has 1 aromatic rings. The van der Waals surface area contributed by atoms with Crippen molar-refractivity contribution in [3.05, 3.63) is 17.7 Å². The zero-order valence-electron chi connectivity index (χ0n) is 15.1. The number of ether oxygens (including phenoxy) is 2. The Bertz CT molecular complexity index is 510. The summed E-state index contributed by atoms with van der Waals surface area (Å²) in [5.74, 6) is 1.08. The highest BCUT2D eigenvalue weighted by molar-refractivity contribution is 5.52.